The summed E-state index contributed by atoms with van der Waals surface area (Å²) in [6, 6.07) is 6.57. The van der Waals surface area contributed by atoms with Crippen molar-refractivity contribution < 1.29 is 9.90 Å². The van der Waals surface area contributed by atoms with Gasteiger partial charge in [0.1, 0.15) is 5.75 Å². The van der Waals surface area contributed by atoms with E-state index in [9.17, 15) is 9.90 Å². The molecular weight excluding hydrogens is 250 g/mol. The highest BCUT2D eigenvalue weighted by Crippen LogP contribution is 2.36. The van der Waals surface area contributed by atoms with Crippen molar-refractivity contribution in [2.45, 2.75) is 48.0 Å². The van der Waals surface area contributed by atoms with Crippen molar-refractivity contribution in [1.29, 1.82) is 0 Å². The van der Waals surface area contributed by atoms with Gasteiger partial charge in [-0.3, -0.25) is 4.79 Å². The molecule has 1 amide bonds. The van der Waals surface area contributed by atoms with Crippen LogP contribution in [0.25, 0.3) is 0 Å². The molecule has 1 aromatic carbocycles. The molecule has 0 bridgehead atoms. The van der Waals surface area contributed by atoms with Crippen molar-refractivity contribution in [3.05, 3.63) is 24.3 Å². The van der Waals surface area contributed by atoms with Crippen molar-refractivity contribution in [2.75, 3.05) is 5.32 Å². The van der Waals surface area contributed by atoms with Gasteiger partial charge in [-0.05, 0) is 41.5 Å². The molecule has 0 aromatic heterocycles. The average Bonchev–Trinajstić information content (AvgIpc) is 2.26. The standard InChI is InChI=1S/C17H27NO2/c1-16(2,3)11-14(17(4,5)6)15(20)18-12-7-9-13(19)10-8-12/h7-10,14,19H,11H2,1-6H3,(H,18,20). The maximum absolute atomic E-state index is 12.5. The van der Waals surface area contributed by atoms with Gasteiger partial charge in [0.25, 0.3) is 0 Å². The fraction of sp³-hybridized carbons (Fsp3) is 0.588. The van der Waals surface area contributed by atoms with Gasteiger partial charge in [0.2, 0.25) is 5.91 Å². The van der Waals surface area contributed by atoms with Crippen molar-refractivity contribution in [3.8, 4) is 5.75 Å². The molecule has 3 nitrogen and oxygen atoms in total. The van der Waals surface area contributed by atoms with Crippen LogP contribution in [0.15, 0.2) is 24.3 Å². The number of nitrogens with one attached hydrogen (secondary N) is 1. The highest BCUT2D eigenvalue weighted by atomic mass is 16.3. The maximum atomic E-state index is 12.5. The second-order valence-electron chi connectivity index (χ2n) is 7.72. The largest absolute Gasteiger partial charge is 0.508 e. The Bertz CT molecular complexity index is 449. The Balaban J connectivity index is 2.86. The first kappa shape index (κ1) is 16.5. The molecule has 112 valence electrons. The smallest absolute Gasteiger partial charge is 0.228 e. The molecule has 3 heteroatoms. The van der Waals surface area contributed by atoms with Crippen LogP contribution in [0.2, 0.25) is 0 Å². The molecule has 0 aliphatic carbocycles. The third-order valence-corrected chi connectivity index (χ3v) is 3.31. The number of hydrogen-bond donors (Lipinski definition) is 2. The Morgan fingerprint density at radius 2 is 1.60 bits per heavy atom. The SMILES string of the molecule is CC(C)(C)CC(C(=O)Nc1ccc(O)cc1)C(C)(C)C. The van der Waals surface area contributed by atoms with Gasteiger partial charge >= 0.3 is 0 Å². The van der Waals surface area contributed by atoms with Gasteiger partial charge in [-0.1, -0.05) is 41.5 Å². The molecule has 0 saturated carbocycles. The normalized spacial score (nSPS) is 13.9. The molecule has 1 unspecified atom stereocenters. The lowest BCUT2D eigenvalue weighted by atomic mass is 9.71. The minimum Gasteiger partial charge on any atom is -0.508 e. The number of phenols is 1. The number of anilines is 1. The maximum Gasteiger partial charge on any atom is 0.228 e. The van der Waals surface area contributed by atoms with Crippen LogP contribution in [-0.4, -0.2) is 11.0 Å². The van der Waals surface area contributed by atoms with E-state index in [0.717, 1.165) is 12.1 Å². The summed E-state index contributed by atoms with van der Waals surface area (Å²) in [7, 11) is 0. The van der Waals surface area contributed by atoms with E-state index in [-0.39, 0.29) is 28.4 Å². The van der Waals surface area contributed by atoms with Gasteiger partial charge in [-0.2, -0.15) is 0 Å². The van der Waals surface area contributed by atoms with E-state index in [2.05, 4.69) is 46.9 Å². The Kier molecular flexibility index (Phi) is 4.85. The molecule has 0 heterocycles. The van der Waals surface area contributed by atoms with Crippen molar-refractivity contribution in [1.82, 2.24) is 0 Å². The number of phenolic OH excluding ortho intramolecular Hbond substituents is 1. The lowest BCUT2D eigenvalue weighted by Crippen LogP contribution is -2.36. The fourth-order valence-electron chi connectivity index (χ4n) is 2.18. The van der Waals surface area contributed by atoms with E-state index in [1.807, 2.05) is 0 Å². The molecule has 1 atom stereocenters. The van der Waals surface area contributed by atoms with Crippen LogP contribution in [0, 0.1) is 16.7 Å². The zero-order chi connectivity index (χ0) is 15.6. The van der Waals surface area contributed by atoms with Crippen LogP contribution in [0.3, 0.4) is 0 Å². The molecule has 0 fully saturated rings. The Labute approximate surface area is 122 Å². The van der Waals surface area contributed by atoms with E-state index in [4.69, 9.17) is 0 Å². The van der Waals surface area contributed by atoms with Crippen molar-refractivity contribution in [2.24, 2.45) is 16.7 Å². The van der Waals surface area contributed by atoms with Crippen LogP contribution in [0.4, 0.5) is 5.69 Å². The summed E-state index contributed by atoms with van der Waals surface area (Å²) in [5.74, 6) is 0.180. The van der Waals surface area contributed by atoms with Gasteiger partial charge < -0.3 is 10.4 Å². The van der Waals surface area contributed by atoms with Crippen molar-refractivity contribution >= 4 is 11.6 Å². The first-order chi connectivity index (χ1) is 8.99. The lowest BCUT2D eigenvalue weighted by Gasteiger charge is -2.34. The number of hydrogen-bond acceptors (Lipinski definition) is 2. The second kappa shape index (κ2) is 5.86. The van der Waals surface area contributed by atoms with E-state index < -0.39 is 0 Å². The lowest BCUT2D eigenvalue weighted by molar-refractivity contribution is -0.124. The predicted octanol–water partition coefficient (Wildman–Crippen LogP) is 4.43. The fourth-order valence-corrected chi connectivity index (χ4v) is 2.18. The molecule has 0 aliphatic heterocycles. The molecular formula is C17H27NO2. The monoisotopic (exact) mass is 277 g/mol. The van der Waals surface area contributed by atoms with Crippen LogP contribution >= 0.6 is 0 Å². The predicted molar refractivity (Wildman–Crippen MR) is 83.8 cm³/mol. The summed E-state index contributed by atoms with van der Waals surface area (Å²) in [6.45, 7) is 12.7. The first-order valence-corrected chi connectivity index (χ1v) is 7.09. The van der Waals surface area contributed by atoms with E-state index >= 15 is 0 Å². The zero-order valence-corrected chi connectivity index (χ0v) is 13.4. The summed E-state index contributed by atoms with van der Waals surface area (Å²) in [5.41, 5.74) is 0.731. The Morgan fingerprint density at radius 1 is 1.10 bits per heavy atom. The van der Waals surface area contributed by atoms with Gasteiger partial charge in [0.05, 0.1) is 0 Å². The number of amides is 1. The zero-order valence-electron chi connectivity index (χ0n) is 13.4. The minimum absolute atomic E-state index is 0.0399. The molecule has 2 N–H and O–H groups in total. The van der Waals surface area contributed by atoms with Gasteiger partial charge in [0.15, 0.2) is 0 Å². The van der Waals surface area contributed by atoms with Crippen LogP contribution in [-0.2, 0) is 4.79 Å². The topological polar surface area (TPSA) is 49.3 Å². The molecule has 0 saturated heterocycles. The Hall–Kier alpha value is -1.51. The summed E-state index contributed by atoms with van der Waals surface area (Å²) >= 11 is 0. The van der Waals surface area contributed by atoms with Gasteiger partial charge in [-0.15, -0.1) is 0 Å². The number of benzene rings is 1. The molecule has 1 aromatic rings. The average molecular weight is 277 g/mol. The highest BCUT2D eigenvalue weighted by Gasteiger charge is 2.34. The number of carbonyl (C=O) groups is 1. The minimum atomic E-state index is -0.0890. The first-order valence-electron chi connectivity index (χ1n) is 7.09. The van der Waals surface area contributed by atoms with Crippen LogP contribution in [0.1, 0.15) is 48.0 Å². The summed E-state index contributed by atoms with van der Waals surface area (Å²) < 4.78 is 0. The highest BCUT2D eigenvalue weighted by molar-refractivity contribution is 5.93. The van der Waals surface area contributed by atoms with E-state index in [1.54, 1.807) is 24.3 Å². The van der Waals surface area contributed by atoms with E-state index in [0.29, 0.717) is 0 Å². The molecule has 0 aliphatic rings. The molecule has 0 spiro atoms. The third-order valence-electron chi connectivity index (χ3n) is 3.31. The van der Waals surface area contributed by atoms with Crippen LogP contribution < -0.4 is 5.32 Å². The second-order valence-corrected chi connectivity index (χ2v) is 7.72. The summed E-state index contributed by atoms with van der Waals surface area (Å²) in [6.07, 6.45) is 0.834. The molecule has 20 heavy (non-hydrogen) atoms. The molecule has 1 rings (SSSR count). The Morgan fingerprint density at radius 3 is 2.00 bits per heavy atom. The van der Waals surface area contributed by atoms with Gasteiger partial charge in [0, 0.05) is 11.6 Å². The summed E-state index contributed by atoms with van der Waals surface area (Å²) in [4.78, 5) is 12.5. The summed E-state index contributed by atoms with van der Waals surface area (Å²) in [5, 5.41) is 12.2. The number of aromatic hydroxyl groups is 1. The van der Waals surface area contributed by atoms with E-state index in [1.165, 1.54) is 0 Å². The third kappa shape index (κ3) is 5.24. The molecule has 0 radical (unpaired) electrons. The number of rotatable bonds is 3. The quantitative estimate of drug-likeness (QED) is 0.803. The number of carbonyl (C=O) groups excluding carboxylic acids is 1. The van der Waals surface area contributed by atoms with Crippen molar-refractivity contribution in [3.63, 3.8) is 0 Å². The van der Waals surface area contributed by atoms with Crippen LogP contribution in [0.5, 0.6) is 5.75 Å². The van der Waals surface area contributed by atoms with Gasteiger partial charge in [-0.25, -0.2) is 0 Å².